The van der Waals surface area contributed by atoms with E-state index in [1.807, 2.05) is 11.4 Å². The number of aromatic nitrogens is 2. The van der Waals surface area contributed by atoms with Crippen LogP contribution in [-0.4, -0.2) is 30.5 Å². The summed E-state index contributed by atoms with van der Waals surface area (Å²) in [4.78, 5) is 21.4. The van der Waals surface area contributed by atoms with Gasteiger partial charge >= 0.3 is 0 Å². The fourth-order valence-corrected chi connectivity index (χ4v) is 3.47. The number of rotatable bonds is 4. The maximum absolute atomic E-state index is 12.1. The van der Waals surface area contributed by atoms with E-state index in [1.54, 1.807) is 12.1 Å². The minimum Gasteiger partial charge on any atom is -0.310 e. The molecule has 118 valence electrons. The van der Waals surface area contributed by atoms with Crippen LogP contribution in [0.25, 0.3) is 10.2 Å². The summed E-state index contributed by atoms with van der Waals surface area (Å²) in [5.74, 6) is 0.261. The monoisotopic (exact) mass is 347 g/mol. The van der Waals surface area contributed by atoms with Gasteiger partial charge in [0.2, 0.25) is 5.91 Å². The number of carbonyl (C=O) groups is 1. The van der Waals surface area contributed by atoms with Crippen molar-refractivity contribution in [1.82, 2.24) is 9.97 Å². The second kappa shape index (κ2) is 6.05. The highest BCUT2D eigenvalue weighted by Gasteiger charge is 2.11. The first-order valence-electron chi connectivity index (χ1n) is 6.70. The molecule has 23 heavy (non-hydrogen) atoms. The predicted molar refractivity (Wildman–Crippen MR) is 89.3 cm³/mol. The zero-order valence-electron chi connectivity index (χ0n) is 12.2. The van der Waals surface area contributed by atoms with Crippen LogP contribution in [0.1, 0.15) is 5.56 Å². The van der Waals surface area contributed by atoms with E-state index in [9.17, 15) is 13.2 Å². The second-order valence-corrected chi connectivity index (χ2v) is 7.91. The van der Waals surface area contributed by atoms with Crippen LogP contribution in [0.5, 0.6) is 0 Å². The first kappa shape index (κ1) is 15.6. The van der Waals surface area contributed by atoms with Gasteiger partial charge in [-0.3, -0.25) is 4.79 Å². The molecule has 0 aliphatic rings. The number of nitrogens with zero attached hydrogens (tertiary/aromatic N) is 2. The molecule has 0 aliphatic carbocycles. The number of hydrogen-bond donors (Lipinski definition) is 1. The normalized spacial score (nSPS) is 11.5. The topological polar surface area (TPSA) is 89.0 Å². The van der Waals surface area contributed by atoms with Crippen molar-refractivity contribution in [3.63, 3.8) is 0 Å². The molecule has 0 bridgehead atoms. The lowest BCUT2D eigenvalue weighted by atomic mass is 10.1. The molecule has 0 radical (unpaired) electrons. The first-order chi connectivity index (χ1) is 10.9. The SMILES string of the molecule is CS(=O)(=O)c1ccc(CC(=O)Nc2ncnc3sccc23)cc1. The summed E-state index contributed by atoms with van der Waals surface area (Å²) >= 11 is 1.48. The van der Waals surface area contributed by atoms with E-state index in [0.29, 0.717) is 5.82 Å². The lowest BCUT2D eigenvalue weighted by Gasteiger charge is -2.06. The van der Waals surface area contributed by atoms with Crippen LogP contribution in [0.2, 0.25) is 0 Å². The van der Waals surface area contributed by atoms with Crippen LogP contribution in [-0.2, 0) is 21.1 Å². The zero-order chi connectivity index (χ0) is 16.4. The third kappa shape index (κ3) is 3.54. The molecule has 2 aromatic heterocycles. The molecule has 0 saturated heterocycles. The Labute approximate surface area is 137 Å². The summed E-state index contributed by atoms with van der Waals surface area (Å²) in [5.41, 5.74) is 0.727. The first-order valence-corrected chi connectivity index (χ1v) is 9.47. The van der Waals surface area contributed by atoms with Gasteiger partial charge in [0, 0.05) is 6.26 Å². The summed E-state index contributed by atoms with van der Waals surface area (Å²) in [7, 11) is -3.23. The standard InChI is InChI=1S/C15H13N3O3S2/c1-23(20,21)11-4-2-10(3-5-11)8-13(19)18-14-12-6-7-22-15(12)17-9-16-14/h2-7,9H,8H2,1H3,(H,16,17,18,19). The molecule has 1 aromatic carbocycles. The predicted octanol–water partition coefficient (Wildman–Crippen LogP) is 2.28. The maximum atomic E-state index is 12.1. The number of thiophene rings is 1. The molecule has 0 spiro atoms. The lowest BCUT2D eigenvalue weighted by Crippen LogP contribution is -2.15. The molecule has 3 rings (SSSR count). The van der Waals surface area contributed by atoms with Crippen LogP contribution in [0.15, 0.2) is 46.9 Å². The number of nitrogens with one attached hydrogen (secondary N) is 1. The Morgan fingerprint density at radius 1 is 1.17 bits per heavy atom. The number of fused-ring (bicyclic) bond motifs is 1. The fourth-order valence-electron chi connectivity index (χ4n) is 2.11. The van der Waals surface area contributed by atoms with Crippen molar-refractivity contribution in [2.24, 2.45) is 0 Å². The smallest absolute Gasteiger partial charge is 0.229 e. The maximum Gasteiger partial charge on any atom is 0.229 e. The van der Waals surface area contributed by atoms with E-state index in [-0.39, 0.29) is 17.2 Å². The van der Waals surface area contributed by atoms with Crippen LogP contribution >= 0.6 is 11.3 Å². The van der Waals surface area contributed by atoms with Crippen molar-refractivity contribution in [1.29, 1.82) is 0 Å². The van der Waals surface area contributed by atoms with Crippen molar-refractivity contribution in [3.8, 4) is 0 Å². The Morgan fingerprint density at radius 3 is 2.61 bits per heavy atom. The third-order valence-corrected chi connectivity index (χ3v) is 5.18. The Balaban J connectivity index is 1.73. The molecule has 0 saturated carbocycles. The van der Waals surface area contributed by atoms with Crippen LogP contribution < -0.4 is 5.32 Å². The van der Waals surface area contributed by atoms with E-state index in [1.165, 1.54) is 29.8 Å². The largest absolute Gasteiger partial charge is 0.310 e. The highest BCUT2D eigenvalue weighted by Crippen LogP contribution is 2.23. The summed E-state index contributed by atoms with van der Waals surface area (Å²) in [6, 6.07) is 8.13. The molecule has 0 unspecified atom stereocenters. The van der Waals surface area contributed by atoms with Gasteiger partial charge in [-0.25, -0.2) is 18.4 Å². The average molecular weight is 347 g/mol. The minimum atomic E-state index is -3.23. The second-order valence-electron chi connectivity index (χ2n) is 5.00. The Kier molecular flexibility index (Phi) is 4.10. The van der Waals surface area contributed by atoms with Crippen molar-refractivity contribution in [3.05, 3.63) is 47.6 Å². The summed E-state index contributed by atoms with van der Waals surface area (Å²) in [5, 5.41) is 5.45. The summed E-state index contributed by atoms with van der Waals surface area (Å²) in [6.45, 7) is 0. The molecule has 1 N–H and O–H groups in total. The molecule has 1 amide bonds. The number of amides is 1. The van der Waals surface area contributed by atoms with E-state index in [4.69, 9.17) is 0 Å². The average Bonchev–Trinajstić information content (AvgIpc) is 2.96. The molecular weight excluding hydrogens is 334 g/mol. The van der Waals surface area contributed by atoms with Crippen LogP contribution in [0.4, 0.5) is 5.82 Å². The Bertz CT molecular complexity index is 963. The van der Waals surface area contributed by atoms with Gasteiger partial charge in [0.25, 0.3) is 0 Å². The Hall–Kier alpha value is -2.32. The molecule has 0 fully saturated rings. The van der Waals surface area contributed by atoms with Crippen LogP contribution in [0.3, 0.4) is 0 Å². The van der Waals surface area contributed by atoms with Gasteiger partial charge in [-0.05, 0) is 29.1 Å². The van der Waals surface area contributed by atoms with E-state index in [2.05, 4.69) is 15.3 Å². The molecule has 0 atom stereocenters. The van der Waals surface area contributed by atoms with E-state index in [0.717, 1.165) is 22.0 Å². The van der Waals surface area contributed by atoms with Crippen molar-refractivity contribution >= 4 is 43.1 Å². The van der Waals surface area contributed by atoms with Gasteiger partial charge in [0.15, 0.2) is 9.84 Å². The number of hydrogen-bond acceptors (Lipinski definition) is 6. The Morgan fingerprint density at radius 2 is 1.91 bits per heavy atom. The highest BCUT2D eigenvalue weighted by atomic mass is 32.2. The van der Waals surface area contributed by atoms with E-state index >= 15 is 0 Å². The number of benzene rings is 1. The van der Waals surface area contributed by atoms with Gasteiger partial charge in [-0.2, -0.15) is 0 Å². The van der Waals surface area contributed by atoms with Crippen molar-refractivity contribution in [2.45, 2.75) is 11.3 Å². The number of anilines is 1. The zero-order valence-corrected chi connectivity index (χ0v) is 13.8. The van der Waals surface area contributed by atoms with E-state index < -0.39 is 9.84 Å². The van der Waals surface area contributed by atoms with Gasteiger partial charge in [0.1, 0.15) is 17.0 Å². The van der Waals surface area contributed by atoms with Crippen molar-refractivity contribution in [2.75, 3.05) is 11.6 Å². The molecule has 6 nitrogen and oxygen atoms in total. The molecule has 0 aliphatic heterocycles. The number of carbonyl (C=O) groups excluding carboxylic acids is 1. The fraction of sp³-hybridized carbons (Fsp3) is 0.133. The van der Waals surface area contributed by atoms with Gasteiger partial charge < -0.3 is 5.32 Å². The minimum absolute atomic E-state index is 0.139. The molecule has 8 heteroatoms. The molecular formula is C15H13N3O3S2. The van der Waals surface area contributed by atoms with Gasteiger partial charge in [0.05, 0.1) is 16.7 Å². The lowest BCUT2D eigenvalue weighted by molar-refractivity contribution is -0.115. The summed E-state index contributed by atoms with van der Waals surface area (Å²) < 4.78 is 22.8. The molecule has 2 heterocycles. The highest BCUT2D eigenvalue weighted by molar-refractivity contribution is 7.90. The van der Waals surface area contributed by atoms with Crippen LogP contribution in [0, 0.1) is 0 Å². The van der Waals surface area contributed by atoms with Gasteiger partial charge in [-0.15, -0.1) is 11.3 Å². The third-order valence-electron chi connectivity index (χ3n) is 3.24. The molecule has 3 aromatic rings. The summed E-state index contributed by atoms with van der Waals surface area (Å²) in [6.07, 6.45) is 2.70. The quantitative estimate of drug-likeness (QED) is 0.782. The number of sulfone groups is 1. The van der Waals surface area contributed by atoms with Gasteiger partial charge in [-0.1, -0.05) is 12.1 Å². The van der Waals surface area contributed by atoms with Crippen molar-refractivity contribution < 1.29 is 13.2 Å².